The van der Waals surface area contributed by atoms with Crippen molar-refractivity contribution in [3.8, 4) is 0 Å². The Kier molecular flexibility index (Phi) is 4.99. The maximum atomic E-state index is 12.9. The first-order valence-corrected chi connectivity index (χ1v) is 9.11. The Hall–Kier alpha value is -2.09. The summed E-state index contributed by atoms with van der Waals surface area (Å²) in [6.07, 6.45) is 0.496. The van der Waals surface area contributed by atoms with Crippen LogP contribution in [-0.2, 0) is 4.79 Å². The van der Waals surface area contributed by atoms with E-state index >= 15 is 0 Å². The number of carbonyl (C=O) groups excluding carboxylic acids is 1. The Morgan fingerprint density at radius 2 is 2.20 bits per heavy atom. The molecule has 2 atom stereocenters. The van der Waals surface area contributed by atoms with Gasteiger partial charge in [0.1, 0.15) is 11.9 Å². The molecule has 0 unspecified atom stereocenters. The molecule has 1 saturated heterocycles. The molecule has 7 nitrogen and oxygen atoms in total. The molecule has 2 heterocycles. The van der Waals surface area contributed by atoms with Crippen molar-refractivity contribution < 1.29 is 14.7 Å². The highest BCUT2D eigenvalue weighted by molar-refractivity contribution is 9.10. The highest BCUT2D eigenvalue weighted by Gasteiger charge is 2.37. The van der Waals surface area contributed by atoms with Gasteiger partial charge in [0.25, 0.3) is 0 Å². The van der Waals surface area contributed by atoms with Crippen LogP contribution in [0.3, 0.4) is 0 Å². The molecule has 1 aromatic carbocycles. The van der Waals surface area contributed by atoms with Crippen LogP contribution < -0.4 is 5.32 Å². The number of amides is 2. The lowest BCUT2D eigenvalue weighted by Crippen LogP contribution is -2.50. The molecule has 0 spiro atoms. The molecule has 1 aromatic heterocycles. The van der Waals surface area contributed by atoms with E-state index < -0.39 is 12.1 Å². The Morgan fingerprint density at radius 1 is 1.44 bits per heavy atom. The largest absolute Gasteiger partial charge is 0.465 e. The molecular weight excluding hydrogens is 388 g/mol. The third kappa shape index (κ3) is 3.63. The van der Waals surface area contributed by atoms with Crippen LogP contribution in [0.1, 0.15) is 38.6 Å². The first-order valence-electron chi connectivity index (χ1n) is 8.32. The summed E-state index contributed by atoms with van der Waals surface area (Å²) in [7, 11) is 0. The molecule has 134 valence electrons. The monoisotopic (exact) mass is 408 g/mol. The predicted molar refractivity (Wildman–Crippen MR) is 97.3 cm³/mol. The standard InChI is InChI=1S/C17H21BrN4O3/c1-9(2)14(21-17(24)25)16(23)22-7-3-4-13(22)15-19-11-6-5-10(18)8-12(11)20-15/h5-6,8-9,13-14,21H,3-4,7H2,1-2H3,(H,19,20)(H,24,25)/t13-,14+/m0/s1. The van der Waals surface area contributed by atoms with Crippen molar-refractivity contribution in [3.63, 3.8) is 0 Å². The minimum Gasteiger partial charge on any atom is -0.465 e. The van der Waals surface area contributed by atoms with Crippen molar-refractivity contribution in [2.45, 2.75) is 38.8 Å². The number of rotatable bonds is 4. The van der Waals surface area contributed by atoms with Crippen molar-refractivity contribution in [1.82, 2.24) is 20.2 Å². The van der Waals surface area contributed by atoms with Gasteiger partial charge in [0.2, 0.25) is 5.91 Å². The van der Waals surface area contributed by atoms with Gasteiger partial charge in [-0.2, -0.15) is 0 Å². The van der Waals surface area contributed by atoms with Gasteiger partial charge in [-0.25, -0.2) is 9.78 Å². The van der Waals surface area contributed by atoms with Crippen LogP contribution in [-0.4, -0.2) is 44.6 Å². The van der Waals surface area contributed by atoms with Crippen LogP contribution in [0.25, 0.3) is 11.0 Å². The van der Waals surface area contributed by atoms with Crippen molar-refractivity contribution >= 4 is 39.0 Å². The fraction of sp³-hybridized carbons (Fsp3) is 0.471. The highest BCUT2D eigenvalue weighted by Crippen LogP contribution is 2.33. The second-order valence-corrected chi connectivity index (χ2v) is 7.56. The van der Waals surface area contributed by atoms with Crippen LogP contribution in [0.5, 0.6) is 0 Å². The van der Waals surface area contributed by atoms with Gasteiger partial charge in [0.05, 0.1) is 17.1 Å². The number of imidazole rings is 1. The predicted octanol–water partition coefficient (Wildman–Crippen LogP) is 3.28. The lowest BCUT2D eigenvalue weighted by Gasteiger charge is -2.29. The summed E-state index contributed by atoms with van der Waals surface area (Å²) in [6.45, 7) is 4.28. The minimum absolute atomic E-state index is 0.128. The average Bonchev–Trinajstić information content (AvgIpc) is 3.17. The third-order valence-corrected chi connectivity index (χ3v) is 5.02. The van der Waals surface area contributed by atoms with E-state index in [1.807, 2.05) is 32.0 Å². The molecule has 0 saturated carbocycles. The first-order chi connectivity index (χ1) is 11.9. The summed E-state index contributed by atoms with van der Waals surface area (Å²) in [5.74, 6) is 0.426. The first kappa shape index (κ1) is 17.7. The molecule has 0 aliphatic carbocycles. The lowest BCUT2D eigenvalue weighted by atomic mass is 10.0. The van der Waals surface area contributed by atoms with Crippen molar-refractivity contribution in [1.29, 1.82) is 0 Å². The highest BCUT2D eigenvalue weighted by atomic mass is 79.9. The van der Waals surface area contributed by atoms with E-state index in [0.717, 1.165) is 34.2 Å². The number of aromatic nitrogens is 2. The normalized spacial score (nSPS) is 18.7. The Balaban J connectivity index is 1.87. The quantitative estimate of drug-likeness (QED) is 0.722. The summed E-state index contributed by atoms with van der Waals surface area (Å²) < 4.78 is 0.958. The summed E-state index contributed by atoms with van der Waals surface area (Å²) in [5.41, 5.74) is 1.76. The van der Waals surface area contributed by atoms with Gasteiger partial charge in [-0.05, 0) is 37.0 Å². The maximum Gasteiger partial charge on any atom is 0.405 e. The fourth-order valence-corrected chi connectivity index (χ4v) is 3.66. The van der Waals surface area contributed by atoms with Gasteiger partial charge in [0.15, 0.2) is 0 Å². The van der Waals surface area contributed by atoms with Crippen molar-refractivity contribution in [3.05, 3.63) is 28.5 Å². The van der Waals surface area contributed by atoms with Crippen LogP contribution in [0.4, 0.5) is 4.79 Å². The van der Waals surface area contributed by atoms with E-state index in [1.54, 1.807) is 4.90 Å². The van der Waals surface area contributed by atoms with Gasteiger partial charge in [0, 0.05) is 11.0 Å². The summed E-state index contributed by atoms with van der Waals surface area (Å²) in [4.78, 5) is 33.6. The van der Waals surface area contributed by atoms with E-state index in [0.29, 0.717) is 6.54 Å². The van der Waals surface area contributed by atoms with Gasteiger partial charge in [-0.15, -0.1) is 0 Å². The number of nitrogens with zero attached hydrogens (tertiary/aromatic N) is 2. The topological polar surface area (TPSA) is 98.3 Å². The number of H-pyrrole nitrogens is 1. The maximum absolute atomic E-state index is 12.9. The van der Waals surface area contributed by atoms with Crippen LogP contribution in [0, 0.1) is 5.92 Å². The third-order valence-electron chi connectivity index (χ3n) is 4.53. The molecule has 25 heavy (non-hydrogen) atoms. The number of hydrogen-bond acceptors (Lipinski definition) is 3. The molecule has 0 bridgehead atoms. The summed E-state index contributed by atoms with van der Waals surface area (Å²) in [5, 5.41) is 11.4. The molecule has 2 amide bonds. The van der Waals surface area contributed by atoms with E-state index in [4.69, 9.17) is 5.11 Å². The average molecular weight is 409 g/mol. The number of hydrogen-bond donors (Lipinski definition) is 3. The molecule has 3 rings (SSSR count). The van der Waals surface area contributed by atoms with Gasteiger partial charge in [-0.1, -0.05) is 29.8 Å². The van der Waals surface area contributed by atoms with Crippen LogP contribution in [0.15, 0.2) is 22.7 Å². The second-order valence-electron chi connectivity index (χ2n) is 6.64. The molecule has 1 aliphatic heterocycles. The van der Waals surface area contributed by atoms with E-state index in [1.165, 1.54) is 0 Å². The number of fused-ring (bicyclic) bond motifs is 1. The molecule has 8 heteroatoms. The Bertz CT molecular complexity index is 804. The van der Waals surface area contributed by atoms with Gasteiger partial charge < -0.3 is 20.3 Å². The van der Waals surface area contributed by atoms with E-state index in [9.17, 15) is 9.59 Å². The summed E-state index contributed by atoms with van der Waals surface area (Å²) in [6, 6.07) is 4.89. The molecule has 0 radical (unpaired) electrons. The van der Waals surface area contributed by atoms with E-state index in [-0.39, 0.29) is 17.9 Å². The fourth-order valence-electron chi connectivity index (χ4n) is 3.30. The second kappa shape index (κ2) is 7.03. The molecular formula is C17H21BrN4O3. The molecule has 2 aromatic rings. The summed E-state index contributed by atoms with van der Waals surface area (Å²) >= 11 is 3.44. The Morgan fingerprint density at radius 3 is 2.88 bits per heavy atom. The number of halogens is 1. The number of benzene rings is 1. The molecule has 1 aliphatic rings. The van der Waals surface area contributed by atoms with Crippen molar-refractivity contribution in [2.24, 2.45) is 5.92 Å². The SMILES string of the molecule is CC(C)[C@@H](NC(=O)O)C(=O)N1CCC[C@H]1c1nc2ccc(Br)cc2[nH]1. The zero-order valence-electron chi connectivity index (χ0n) is 14.1. The number of nitrogens with one attached hydrogen (secondary N) is 2. The minimum atomic E-state index is -1.18. The zero-order valence-corrected chi connectivity index (χ0v) is 15.7. The smallest absolute Gasteiger partial charge is 0.405 e. The van der Waals surface area contributed by atoms with Gasteiger partial charge in [-0.3, -0.25) is 4.79 Å². The number of likely N-dealkylation sites (tertiary alicyclic amines) is 1. The molecule has 1 fully saturated rings. The van der Waals surface area contributed by atoms with Crippen molar-refractivity contribution in [2.75, 3.05) is 6.54 Å². The number of aromatic amines is 1. The van der Waals surface area contributed by atoms with E-state index in [2.05, 4.69) is 31.2 Å². The number of carboxylic acid groups (broad SMARTS) is 1. The van der Waals surface area contributed by atoms with Crippen LogP contribution in [0.2, 0.25) is 0 Å². The zero-order chi connectivity index (χ0) is 18.1. The molecule has 3 N–H and O–H groups in total. The Labute approximate surface area is 153 Å². The number of carbonyl (C=O) groups is 2. The lowest BCUT2D eigenvalue weighted by molar-refractivity contribution is -0.135. The van der Waals surface area contributed by atoms with Gasteiger partial charge >= 0.3 is 6.09 Å². The van der Waals surface area contributed by atoms with Crippen LogP contribution >= 0.6 is 15.9 Å².